The standard InChI is InChI=1S/C30H30BrNO5/c1-30(2,3)23-12-8-21(9-13-23)28(36)25(18-26(33)20-10-14-24(31)15-11-20)19-4-6-22(7-5-19)29(37)32-17-16-27(34)35/h4-15,25H,16-18H2,1-3H3,(H,32,37)(H,34,35). The Labute approximate surface area is 225 Å². The van der Waals surface area contributed by atoms with E-state index in [4.69, 9.17) is 5.11 Å². The number of nitrogens with one attached hydrogen (secondary N) is 1. The number of carbonyl (C=O) groups excluding carboxylic acids is 3. The Morgan fingerprint density at radius 3 is 1.89 bits per heavy atom. The highest BCUT2D eigenvalue weighted by molar-refractivity contribution is 9.10. The lowest BCUT2D eigenvalue weighted by molar-refractivity contribution is -0.136. The smallest absolute Gasteiger partial charge is 0.305 e. The van der Waals surface area contributed by atoms with Crippen molar-refractivity contribution in [2.45, 2.75) is 44.9 Å². The normalized spacial score (nSPS) is 12.0. The summed E-state index contributed by atoms with van der Waals surface area (Å²) in [5, 5.41) is 11.3. The summed E-state index contributed by atoms with van der Waals surface area (Å²) in [4.78, 5) is 49.8. The van der Waals surface area contributed by atoms with E-state index in [0.717, 1.165) is 10.0 Å². The summed E-state index contributed by atoms with van der Waals surface area (Å²) in [5.74, 6) is -2.47. The van der Waals surface area contributed by atoms with Gasteiger partial charge in [-0.1, -0.05) is 85.2 Å². The molecule has 0 fully saturated rings. The fourth-order valence-electron chi connectivity index (χ4n) is 3.89. The Balaban J connectivity index is 1.88. The van der Waals surface area contributed by atoms with Gasteiger partial charge >= 0.3 is 5.97 Å². The maximum Gasteiger partial charge on any atom is 0.305 e. The van der Waals surface area contributed by atoms with Gasteiger partial charge in [-0.2, -0.15) is 0 Å². The van der Waals surface area contributed by atoms with Crippen molar-refractivity contribution in [1.82, 2.24) is 5.32 Å². The zero-order chi connectivity index (χ0) is 27.2. The van der Waals surface area contributed by atoms with Crippen LogP contribution < -0.4 is 5.32 Å². The highest BCUT2D eigenvalue weighted by atomic mass is 79.9. The van der Waals surface area contributed by atoms with E-state index in [0.29, 0.717) is 22.3 Å². The van der Waals surface area contributed by atoms with Crippen molar-refractivity contribution in [2.24, 2.45) is 0 Å². The molecule has 0 saturated carbocycles. The molecule has 192 valence electrons. The number of amides is 1. The van der Waals surface area contributed by atoms with Crippen LogP contribution in [0.3, 0.4) is 0 Å². The van der Waals surface area contributed by atoms with Crippen molar-refractivity contribution in [2.75, 3.05) is 6.54 Å². The van der Waals surface area contributed by atoms with Crippen molar-refractivity contribution in [1.29, 1.82) is 0 Å². The van der Waals surface area contributed by atoms with Gasteiger partial charge in [-0.25, -0.2) is 0 Å². The molecule has 3 rings (SSSR count). The minimum absolute atomic E-state index is 0.0171. The van der Waals surface area contributed by atoms with E-state index < -0.39 is 17.8 Å². The Bertz CT molecular complexity index is 1270. The SMILES string of the molecule is CC(C)(C)c1ccc(C(=O)C(CC(=O)c2ccc(Br)cc2)c2ccc(C(=O)NCCC(=O)O)cc2)cc1. The third-order valence-corrected chi connectivity index (χ3v) is 6.64. The molecule has 0 aliphatic rings. The van der Waals surface area contributed by atoms with Crippen LogP contribution in [0.25, 0.3) is 0 Å². The number of halogens is 1. The highest BCUT2D eigenvalue weighted by Gasteiger charge is 2.26. The van der Waals surface area contributed by atoms with Gasteiger partial charge in [-0.05, 0) is 40.8 Å². The number of carbonyl (C=O) groups is 4. The molecule has 0 heterocycles. The van der Waals surface area contributed by atoms with E-state index in [1.807, 2.05) is 12.1 Å². The predicted octanol–water partition coefficient (Wildman–Crippen LogP) is 6.19. The minimum atomic E-state index is -0.997. The fraction of sp³-hybridized carbons (Fsp3) is 0.267. The van der Waals surface area contributed by atoms with Crippen LogP contribution in [0.5, 0.6) is 0 Å². The summed E-state index contributed by atoms with van der Waals surface area (Å²) in [6, 6.07) is 21.0. The summed E-state index contributed by atoms with van der Waals surface area (Å²) in [6.45, 7) is 6.32. The number of hydrogen-bond acceptors (Lipinski definition) is 4. The van der Waals surface area contributed by atoms with Gasteiger partial charge in [-0.15, -0.1) is 0 Å². The van der Waals surface area contributed by atoms with Crippen LogP contribution >= 0.6 is 15.9 Å². The molecule has 0 radical (unpaired) electrons. The molecule has 0 spiro atoms. The molecule has 6 nitrogen and oxygen atoms in total. The molecule has 3 aromatic rings. The van der Waals surface area contributed by atoms with Crippen molar-refractivity contribution in [3.05, 3.63) is 105 Å². The van der Waals surface area contributed by atoms with Gasteiger partial charge in [0.05, 0.1) is 12.3 Å². The number of Topliss-reactive ketones (excluding diaryl/α,β-unsaturated/α-hetero) is 2. The topological polar surface area (TPSA) is 101 Å². The lowest BCUT2D eigenvalue weighted by atomic mass is 9.83. The number of ketones is 2. The van der Waals surface area contributed by atoms with Crippen LogP contribution in [-0.4, -0.2) is 35.1 Å². The molecule has 1 atom stereocenters. The van der Waals surface area contributed by atoms with Crippen molar-refractivity contribution >= 4 is 39.4 Å². The van der Waals surface area contributed by atoms with Crippen LogP contribution in [0.1, 0.15) is 81.7 Å². The minimum Gasteiger partial charge on any atom is -0.481 e. The summed E-state index contributed by atoms with van der Waals surface area (Å²) >= 11 is 3.37. The first kappa shape index (κ1) is 28.0. The molecule has 2 N–H and O–H groups in total. The monoisotopic (exact) mass is 563 g/mol. The van der Waals surface area contributed by atoms with Crippen molar-refractivity contribution in [3.63, 3.8) is 0 Å². The maximum absolute atomic E-state index is 13.7. The summed E-state index contributed by atoms with van der Waals surface area (Å²) in [7, 11) is 0. The van der Waals surface area contributed by atoms with E-state index in [-0.39, 0.29) is 36.4 Å². The second-order valence-corrected chi connectivity index (χ2v) is 10.8. The number of carboxylic acids is 1. The number of aliphatic carboxylic acids is 1. The van der Waals surface area contributed by atoms with E-state index in [2.05, 4.69) is 42.0 Å². The average molecular weight is 564 g/mol. The Hall–Kier alpha value is -3.58. The van der Waals surface area contributed by atoms with Gasteiger partial charge in [0.25, 0.3) is 5.91 Å². The van der Waals surface area contributed by atoms with Gasteiger partial charge in [0.15, 0.2) is 11.6 Å². The first-order chi connectivity index (χ1) is 17.5. The molecular weight excluding hydrogens is 534 g/mol. The van der Waals surface area contributed by atoms with E-state index >= 15 is 0 Å². The Kier molecular flexibility index (Phi) is 9.16. The molecular formula is C30H30BrNO5. The molecule has 0 aliphatic carbocycles. The van der Waals surface area contributed by atoms with E-state index in [9.17, 15) is 19.2 Å². The number of rotatable bonds is 10. The average Bonchev–Trinajstić information content (AvgIpc) is 2.86. The third kappa shape index (κ3) is 7.70. The van der Waals surface area contributed by atoms with E-state index in [1.54, 1.807) is 60.7 Å². The lowest BCUT2D eigenvalue weighted by Crippen LogP contribution is -2.26. The highest BCUT2D eigenvalue weighted by Crippen LogP contribution is 2.29. The van der Waals surface area contributed by atoms with Gasteiger partial charge < -0.3 is 10.4 Å². The molecule has 0 bridgehead atoms. The number of benzene rings is 3. The van der Waals surface area contributed by atoms with Crippen LogP contribution in [-0.2, 0) is 10.2 Å². The van der Waals surface area contributed by atoms with Crippen LogP contribution in [0.4, 0.5) is 0 Å². The molecule has 37 heavy (non-hydrogen) atoms. The summed E-state index contributed by atoms with van der Waals surface area (Å²) < 4.78 is 0.854. The summed E-state index contributed by atoms with van der Waals surface area (Å²) in [6.07, 6.45) is -0.196. The second kappa shape index (κ2) is 12.1. The van der Waals surface area contributed by atoms with Crippen LogP contribution in [0.2, 0.25) is 0 Å². The van der Waals surface area contributed by atoms with Crippen molar-refractivity contribution < 1.29 is 24.3 Å². The van der Waals surface area contributed by atoms with Crippen LogP contribution in [0, 0.1) is 0 Å². The fourth-order valence-corrected chi connectivity index (χ4v) is 4.15. The molecule has 0 saturated heterocycles. The molecule has 1 unspecified atom stereocenters. The predicted molar refractivity (Wildman–Crippen MR) is 146 cm³/mol. The molecule has 7 heteroatoms. The van der Waals surface area contributed by atoms with Gasteiger partial charge in [0.1, 0.15) is 0 Å². The Morgan fingerprint density at radius 1 is 0.811 bits per heavy atom. The van der Waals surface area contributed by atoms with Crippen LogP contribution in [0.15, 0.2) is 77.3 Å². The largest absolute Gasteiger partial charge is 0.481 e. The lowest BCUT2D eigenvalue weighted by Gasteiger charge is -2.20. The molecule has 0 aromatic heterocycles. The Morgan fingerprint density at radius 2 is 1.35 bits per heavy atom. The zero-order valence-corrected chi connectivity index (χ0v) is 22.7. The van der Waals surface area contributed by atoms with E-state index in [1.165, 1.54) is 0 Å². The van der Waals surface area contributed by atoms with Gasteiger partial charge in [0, 0.05) is 34.1 Å². The van der Waals surface area contributed by atoms with Gasteiger partial charge in [0.2, 0.25) is 0 Å². The molecule has 3 aromatic carbocycles. The number of hydrogen-bond donors (Lipinski definition) is 2. The summed E-state index contributed by atoms with van der Waals surface area (Å²) in [5.41, 5.74) is 3.03. The molecule has 1 amide bonds. The first-order valence-electron chi connectivity index (χ1n) is 12.0. The number of carboxylic acid groups (broad SMARTS) is 1. The maximum atomic E-state index is 13.7. The molecule has 0 aliphatic heterocycles. The quantitative estimate of drug-likeness (QED) is 0.286. The third-order valence-electron chi connectivity index (χ3n) is 6.11. The van der Waals surface area contributed by atoms with Crippen molar-refractivity contribution in [3.8, 4) is 0 Å². The van der Waals surface area contributed by atoms with Gasteiger partial charge in [-0.3, -0.25) is 19.2 Å². The zero-order valence-electron chi connectivity index (χ0n) is 21.1. The second-order valence-electron chi connectivity index (χ2n) is 9.90. The first-order valence-corrected chi connectivity index (χ1v) is 12.8.